The van der Waals surface area contributed by atoms with Crippen molar-refractivity contribution in [2.75, 3.05) is 18.6 Å². The van der Waals surface area contributed by atoms with Crippen molar-refractivity contribution in [1.29, 1.82) is 0 Å². The molecule has 2 fully saturated rings. The van der Waals surface area contributed by atoms with Crippen LogP contribution in [0.25, 0.3) is 11.5 Å². The van der Waals surface area contributed by atoms with E-state index in [2.05, 4.69) is 30.8 Å². The monoisotopic (exact) mass is 350 g/mol. The Morgan fingerprint density at radius 2 is 2.08 bits per heavy atom. The third-order valence-electron chi connectivity index (χ3n) is 6.60. The van der Waals surface area contributed by atoms with E-state index in [1.807, 2.05) is 24.4 Å². The van der Waals surface area contributed by atoms with Gasteiger partial charge in [-0.25, -0.2) is 9.97 Å². The molecule has 2 aliphatic carbocycles. The van der Waals surface area contributed by atoms with Crippen LogP contribution in [0.1, 0.15) is 37.9 Å². The molecule has 2 aromatic rings. The lowest BCUT2D eigenvalue weighted by Gasteiger charge is -2.58. The number of ether oxygens (including phenoxy) is 1. The van der Waals surface area contributed by atoms with Gasteiger partial charge in [0.1, 0.15) is 11.5 Å². The van der Waals surface area contributed by atoms with Gasteiger partial charge < -0.3 is 9.64 Å². The topological polar surface area (TPSA) is 51.1 Å². The number of pyridine rings is 1. The predicted molar refractivity (Wildman–Crippen MR) is 101 cm³/mol. The Morgan fingerprint density at radius 3 is 2.88 bits per heavy atom. The molecule has 0 aromatic carbocycles. The van der Waals surface area contributed by atoms with Crippen LogP contribution in [-0.2, 0) is 17.6 Å². The van der Waals surface area contributed by atoms with E-state index in [0.29, 0.717) is 18.1 Å². The lowest BCUT2D eigenvalue weighted by Crippen LogP contribution is -2.66. The molecule has 0 bridgehead atoms. The van der Waals surface area contributed by atoms with Gasteiger partial charge in [0.2, 0.25) is 0 Å². The van der Waals surface area contributed by atoms with Gasteiger partial charge in [-0.2, -0.15) is 0 Å². The second-order valence-corrected chi connectivity index (χ2v) is 8.49. The molecule has 0 spiro atoms. The van der Waals surface area contributed by atoms with Gasteiger partial charge in [-0.3, -0.25) is 4.98 Å². The highest BCUT2D eigenvalue weighted by Crippen LogP contribution is 2.55. The van der Waals surface area contributed by atoms with Crippen LogP contribution >= 0.6 is 0 Å². The molecule has 5 nitrogen and oxygen atoms in total. The van der Waals surface area contributed by atoms with E-state index in [4.69, 9.17) is 14.7 Å². The van der Waals surface area contributed by atoms with Gasteiger partial charge in [0.05, 0.1) is 6.10 Å². The summed E-state index contributed by atoms with van der Waals surface area (Å²) < 4.78 is 6.00. The fourth-order valence-electron chi connectivity index (χ4n) is 5.53. The first kappa shape index (κ1) is 16.2. The first-order valence-electron chi connectivity index (χ1n) is 9.73. The van der Waals surface area contributed by atoms with Crippen molar-refractivity contribution in [3.8, 4) is 11.5 Å². The van der Waals surface area contributed by atoms with Crippen molar-refractivity contribution in [2.24, 2.45) is 11.3 Å². The molecule has 136 valence electrons. The molecule has 5 rings (SSSR count). The minimum absolute atomic E-state index is 0.150. The van der Waals surface area contributed by atoms with Crippen LogP contribution in [0.4, 0.5) is 5.82 Å². The molecule has 0 radical (unpaired) electrons. The summed E-state index contributed by atoms with van der Waals surface area (Å²) in [4.78, 5) is 16.8. The van der Waals surface area contributed by atoms with Crippen LogP contribution in [0, 0.1) is 11.3 Å². The van der Waals surface area contributed by atoms with Crippen molar-refractivity contribution >= 4 is 5.82 Å². The van der Waals surface area contributed by atoms with Crippen molar-refractivity contribution in [3.05, 3.63) is 35.7 Å². The molecule has 1 aliphatic heterocycles. The Kier molecular flexibility index (Phi) is 3.58. The van der Waals surface area contributed by atoms with Gasteiger partial charge in [0.25, 0.3) is 0 Å². The number of aryl methyl sites for hydroxylation is 1. The standard InChI is InChI=1S/C21H26N4O/c1-21(2)17(14-10-12-26-18(14)21)25(3)20-13-7-6-9-15(13)23-19(24-20)16-8-4-5-11-22-16/h4-5,8,11,14,17-18H,6-7,9-10,12H2,1-3H3. The fourth-order valence-corrected chi connectivity index (χ4v) is 5.53. The largest absolute Gasteiger partial charge is 0.377 e. The number of rotatable bonds is 3. The van der Waals surface area contributed by atoms with Gasteiger partial charge in [-0.15, -0.1) is 0 Å². The number of hydrogen-bond donors (Lipinski definition) is 0. The van der Waals surface area contributed by atoms with E-state index in [9.17, 15) is 0 Å². The Bertz CT molecular complexity index is 835. The molecule has 26 heavy (non-hydrogen) atoms. The zero-order valence-corrected chi connectivity index (χ0v) is 15.8. The average Bonchev–Trinajstić information content (AvgIpc) is 3.29. The summed E-state index contributed by atoms with van der Waals surface area (Å²) in [6, 6.07) is 6.39. The van der Waals surface area contributed by atoms with E-state index in [1.54, 1.807) is 0 Å². The molecular weight excluding hydrogens is 324 g/mol. The Labute approximate surface area is 154 Å². The minimum Gasteiger partial charge on any atom is -0.377 e. The smallest absolute Gasteiger partial charge is 0.180 e. The maximum Gasteiger partial charge on any atom is 0.180 e. The first-order chi connectivity index (χ1) is 12.6. The van der Waals surface area contributed by atoms with Crippen molar-refractivity contribution in [3.63, 3.8) is 0 Å². The summed E-state index contributed by atoms with van der Waals surface area (Å²) in [5, 5.41) is 0. The Balaban J connectivity index is 1.57. The normalized spacial score (nSPS) is 28.3. The third kappa shape index (κ3) is 2.22. The summed E-state index contributed by atoms with van der Waals surface area (Å²) in [6.45, 7) is 5.56. The minimum atomic E-state index is 0.150. The van der Waals surface area contributed by atoms with E-state index in [-0.39, 0.29) is 5.41 Å². The van der Waals surface area contributed by atoms with Crippen LogP contribution in [-0.4, -0.2) is 40.8 Å². The first-order valence-corrected chi connectivity index (χ1v) is 9.73. The van der Waals surface area contributed by atoms with Gasteiger partial charge in [0, 0.05) is 48.5 Å². The van der Waals surface area contributed by atoms with Gasteiger partial charge in [0.15, 0.2) is 5.82 Å². The molecule has 0 N–H and O–H groups in total. The molecule has 1 saturated heterocycles. The second-order valence-electron chi connectivity index (χ2n) is 8.49. The number of aromatic nitrogens is 3. The third-order valence-corrected chi connectivity index (χ3v) is 6.60. The van der Waals surface area contributed by atoms with E-state index >= 15 is 0 Å². The van der Waals surface area contributed by atoms with E-state index in [0.717, 1.165) is 43.2 Å². The summed E-state index contributed by atoms with van der Waals surface area (Å²) in [6.07, 6.45) is 6.64. The molecule has 5 heteroatoms. The van der Waals surface area contributed by atoms with Crippen LogP contribution in [0.3, 0.4) is 0 Å². The van der Waals surface area contributed by atoms with E-state index in [1.165, 1.54) is 17.7 Å². The molecular formula is C21H26N4O. The van der Waals surface area contributed by atoms with Crippen LogP contribution < -0.4 is 4.90 Å². The molecule has 3 atom stereocenters. The maximum absolute atomic E-state index is 6.00. The lowest BCUT2D eigenvalue weighted by molar-refractivity contribution is -0.101. The molecule has 3 aliphatic rings. The highest BCUT2D eigenvalue weighted by atomic mass is 16.5. The van der Waals surface area contributed by atoms with Gasteiger partial charge in [-0.1, -0.05) is 19.9 Å². The maximum atomic E-state index is 6.00. The molecule has 3 unspecified atom stereocenters. The van der Waals surface area contributed by atoms with Crippen LogP contribution in [0.5, 0.6) is 0 Å². The highest BCUT2D eigenvalue weighted by Gasteiger charge is 2.61. The summed E-state index contributed by atoms with van der Waals surface area (Å²) >= 11 is 0. The number of fused-ring (bicyclic) bond motifs is 2. The predicted octanol–water partition coefficient (Wildman–Crippen LogP) is 3.28. The summed E-state index contributed by atoms with van der Waals surface area (Å²) in [5.74, 6) is 2.47. The average molecular weight is 350 g/mol. The highest BCUT2D eigenvalue weighted by molar-refractivity contribution is 5.59. The SMILES string of the molecule is CN(c1nc(-c2ccccn2)nc2c1CCC2)C1C2CCOC2C1(C)C. The molecule has 0 amide bonds. The number of nitrogens with zero attached hydrogens (tertiary/aromatic N) is 4. The number of hydrogen-bond acceptors (Lipinski definition) is 5. The van der Waals surface area contributed by atoms with E-state index < -0.39 is 0 Å². The zero-order chi connectivity index (χ0) is 17.9. The van der Waals surface area contributed by atoms with Crippen LogP contribution in [0.15, 0.2) is 24.4 Å². The molecule has 3 heterocycles. The van der Waals surface area contributed by atoms with Crippen LogP contribution in [0.2, 0.25) is 0 Å². The van der Waals surface area contributed by atoms with Gasteiger partial charge in [-0.05, 0) is 37.8 Å². The lowest BCUT2D eigenvalue weighted by atomic mass is 9.57. The Hall–Kier alpha value is -2.01. The van der Waals surface area contributed by atoms with Crippen molar-refractivity contribution < 1.29 is 4.74 Å². The molecule has 2 aromatic heterocycles. The fraction of sp³-hybridized carbons (Fsp3) is 0.571. The zero-order valence-electron chi connectivity index (χ0n) is 15.8. The summed E-state index contributed by atoms with van der Waals surface area (Å²) in [5.41, 5.74) is 3.55. The molecule has 1 saturated carbocycles. The summed E-state index contributed by atoms with van der Waals surface area (Å²) in [7, 11) is 2.21. The Morgan fingerprint density at radius 1 is 1.19 bits per heavy atom. The van der Waals surface area contributed by atoms with Gasteiger partial charge >= 0.3 is 0 Å². The quantitative estimate of drug-likeness (QED) is 0.850. The van der Waals surface area contributed by atoms with Crippen molar-refractivity contribution in [2.45, 2.75) is 51.7 Å². The second kappa shape index (κ2) is 5.74. The number of anilines is 1. The van der Waals surface area contributed by atoms with Crippen molar-refractivity contribution in [1.82, 2.24) is 15.0 Å².